The highest BCUT2D eigenvalue weighted by atomic mass is 16.6. The van der Waals surface area contributed by atoms with Gasteiger partial charge in [-0.05, 0) is 44.5 Å². The fraction of sp³-hybridized carbons (Fsp3) is 0.318. The molecule has 2 aromatic rings. The Labute approximate surface area is 160 Å². The van der Waals surface area contributed by atoms with Crippen LogP contribution in [0, 0.1) is 0 Å². The maximum Gasteiger partial charge on any atom is 0.373 e. The number of carbonyl (C=O) groups is 1. The molecular formula is C22H26O5. The summed E-state index contributed by atoms with van der Waals surface area (Å²) in [6.07, 6.45) is 1.63. The van der Waals surface area contributed by atoms with E-state index in [-0.39, 0.29) is 12.4 Å². The van der Waals surface area contributed by atoms with E-state index >= 15 is 0 Å². The number of rotatable bonds is 10. The lowest BCUT2D eigenvalue weighted by molar-refractivity contribution is -0.142. The third-order valence-corrected chi connectivity index (χ3v) is 3.60. The van der Waals surface area contributed by atoms with Gasteiger partial charge in [0.25, 0.3) is 0 Å². The quantitative estimate of drug-likeness (QED) is 0.347. The molecule has 0 aliphatic rings. The van der Waals surface area contributed by atoms with E-state index in [1.807, 2.05) is 62.4 Å². The van der Waals surface area contributed by atoms with E-state index in [0.717, 1.165) is 11.1 Å². The average molecular weight is 370 g/mol. The second-order valence-electron chi connectivity index (χ2n) is 5.57. The molecule has 0 amide bonds. The zero-order valence-corrected chi connectivity index (χ0v) is 16.1. The molecule has 0 unspecified atom stereocenters. The van der Waals surface area contributed by atoms with Gasteiger partial charge in [0.15, 0.2) is 0 Å². The lowest BCUT2D eigenvalue weighted by Crippen LogP contribution is -2.10. The van der Waals surface area contributed by atoms with Gasteiger partial charge in [-0.15, -0.1) is 0 Å². The molecule has 2 rings (SSSR count). The fourth-order valence-corrected chi connectivity index (χ4v) is 2.40. The van der Waals surface area contributed by atoms with E-state index in [2.05, 4.69) is 0 Å². The molecule has 0 atom stereocenters. The van der Waals surface area contributed by atoms with Crippen LogP contribution in [-0.4, -0.2) is 25.8 Å². The van der Waals surface area contributed by atoms with Gasteiger partial charge in [0.2, 0.25) is 5.76 Å². The largest absolute Gasteiger partial charge is 0.493 e. The first kappa shape index (κ1) is 20.4. The van der Waals surface area contributed by atoms with Crippen LogP contribution in [-0.2, 0) is 20.9 Å². The number of carbonyl (C=O) groups excluding carboxylic acids is 1. The summed E-state index contributed by atoms with van der Waals surface area (Å²) < 4.78 is 22.0. The number of hydrogen-bond acceptors (Lipinski definition) is 5. The van der Waals surface area contributed by atoms with Crippen LogP contribution in [0.2, 0.25) is 0 Å². The van der Waals surface area contributed by atoms with Crippen LogP contribution in [0.25, 0.3) is 6.08 Å². The Kier molecular flexibility index (Phi) is 8.23. The van der Waals surface area contributed by atoms with Crippen molar-refractivity contribution in [2.75, 3.05) is 19.8 Å². The van der Waals surface area contributed by atoms with Gasteiger partial charge < -0.3 is 18.9 Å². The van der Waals surface area contributed by atoms with Gasteiger partial charge >= 0.3 is 5.97 Å². The van der Waals surface area contributed by atoms with Gasteiger partial charge in [-0.3, -0.25) is 0 Å². The smallest absolute Gasteiger partial charge is 0.373 e. The first-order valence-corrected chi connectivity index (χ1v) is 9.13. The van der Waals surface area contributed by atoms with Gasteiger partial charge in [-0.1, -0.05) is 30.3 Å². The Hall–Kier alpha value is -2.95. The van der Waals surface area contributed by atoms with Crippen molar-refractivity contribution in [2.24, 2.45) is 0 Å². The Morgan fingerprint density at radius 2 is 1.63 bits per heavy atom. The second-order valence-corrected chi connectivity index (χ2v) is 5.57. The molecule has 0 saturated carbocycles. The molecule has 0 spiro atoms. The summed E-state index contributed by atoms with van der Waals surface area (Å²) in [5.74, 6) is 0.961. The van der Waals surface area contributed by atoms with Gasteiger partial charge in [-0.2, -0.15) is 0 Å². The molecule has 5 heteroatoms. The normalized spacial score (nSPS) is 11.0. The van der Waals surface area contributed by atoms with E-state index in [9.17, 15) is 4.79 Å². The molecule has 0 fully saturated rings. The summed E-state index contributed by atoms with van der Waals surface area (Å²) in [6, 6.07) is 15.4. The Balaban J connectivity index is 2.22. The van der Waals surface area contributed by atoms with Crippen molar-refractivity contribution in [1.82, 2.24) is 0 Å². The molecule has 0 saturated heterocycles. The number of hydrogen-bond donors (Lipinski definition) is 0. The molecule has 0 N–H and O–H groups in total. The SMILES string of the molecule is CCOC(=O)/C(=C/c1ccc(OCc2ccccc2)cc1OCC)OCC. The van der Waals surface area contributed by atoms with Crippen molar-refractivity contribution in [1.29, 1.82) is 0 Å². The number of esters is 1. The van der Waals surface area contributed by atoms with Crippen LogP contribution < -0.4 is 9.47 Å². The molecule has 0 radical (unpaired) electrons. The average Bonchev–Trinajstić information content (AvgIpc) is 2.68. The highest BCUT2D eigenvalue weighted by Crippen LogP contribution is 2.28. The summed E-state index contributed by atoms with van der Waals surface area (Å²) in [5, 5.41) is 0. The van der Waals surface area contributed by atoms with Crippen LogP contribution >= 0.6 is 0 Å². The zero-order chi connectivity index (χ0) is 19.5. The van der Waals surface area contributed by atoms with E-state index < -0.39 is 5.97 Å². The van der Waals surface area contributed by atoms with Gasteiger partial charge in [0, 0.05) is 11.6 Å². The minimum absolute atomic E-state index is 0.151. The Bertz CT molecular complexity index is 753. The fourth-order valence-electron chi connectivity index (χ4n) is 2.40. The van der Waals surface area contributed by atoms with Crippen molar-refractivity contribution in [2.45, 2.75) is 27.4 Å². The van der Waals surface area contributed by atoms with Crippen molar-refractivity contribution in [3.8, 4) is 11.5 Å². The molecule has 0 aromatic heterocycles. The van der Waals surface area contributed by atoms with E-state index in [0.29, 0.717) is 31.3 Å². The molecule has 27 heavy (non-hydrogen) atoms. The van der Waals surface area contributed by atoms with Gasteiger partial charge in [-0.25, -0.2) is 4.79 Å². The molecule has 5 nitrogen and oxygen atoms in total. The first-order chi connectivity index (χ1) is 13.2. The van der Waals surface area contributed by atoms with Crippen molar-refractivity contribution < 1.29 is 23.7 Å². The van der Waals surface area contributed by atoms with Crippen molar-refractivity contribution >= 4 is 12.0 Å². The van der Waals surface area contributed by atoms with Crippen LogP contribution in [0.15, 0.2) is 54.3 Å². The Morgan fingerprint density at radius 3 is 2.30 bits per heavy atom. The second kappa shape index (κ2) is 10.9. The molecule has 2 aromatic carbocycles. The lowest BCUT2D eigenvalue weighted by atomic mass is 10.1. The minimum atomic E-state index is -0.494. The summed E-state index contributed by atoms with van der Waals surface area (Å²) in [5.41, 5.74) is 1.81. The lowest BCUT2D eigenvalue weighted by Gasteiger charge is -2.13. The van der Waals surface area contributed by atoms with Crippen molar-refractivity contribution in [3.05, 3.63) is 65.4 Å². The summed E-state index contributed by atoms with van der Waals surface area (Å²) >= 11 is 0. The van der Waals surface area contributed by atoms with Crippen LogP contribution in [0.5, 0.6) is 11.5 Å². The highest BCUT2D eigenvalue weighted by Gasteiger charge is 2.14. The van der Waals surface area contributed by atoms with E-state index in [1.54, 1.807) is 13.0 Å². The van der Waals surface area contributed by atoms with Gasteiger partial charge in [0.05, 0.1) is 19.8 Å². The van der Waals surface area contributed by atoms with Crippen LogP contribution in [0.4, 0.5) is 0 Å². The van der Waals surface area contributed by atoms with Gasteiger partial charge in [0.1, 0.15) is 18.1 Å². The van der Waals surface area contributed by atoms with E-state index in [1.165, 1.54) is 0 Å². The predicted octanol–water partition coefficient (Wildman–Crippen LogP) is 4.60. The molecule has 0 aliphatic carbocycles. The maximum atomic E-state index is 12.1. The monoisotopic (exact) mass is 370 g/mol. The number of benzene rings is 2. The zero-order valence-electron chi connectivity index (χ0n) is 16.1. The topological polar surface area (TPSA) is 54.0 Å². The van der Waals surface area contributed by atoms with E-state index in [4.69, 9.17) is 18.9 Å². The minimum Gasteiger partial charge on any atom is -0.493 e. The molecule has 0 heterocycles. The first-order valence-electron chi connectivity index (χ1n) is 9.13. The third-order valence-electron chi connectivity index (χ3n) is 3.60. The molecular weight excluding hydrogens is 344 g/mol. The molecule has 144 valence electrons. The third kappa shape index (κ3) is 6.37. The molecule has 0 bridgehead atoms. The van der Waals surface area contributed by atoms with Crippen molar-refractivity contribution in [3.63, 3.8) is 0 Å². The number of ether oxygens (including phenoxy) is 4. The van der Waals surface area contributed by atoms with Crippen LogP contribution in [0.3, 0.4) is 0 Å². The highest BCUT2D eigenvalue weighted by molar-refractivity contribution is 5.92. The summed E-state index contributed by atoms with van der Waals surface area (Å²) in [6.45, 7) is 7.09. The Morgan fingerprint density at radius 1 is 0.889 bits per heavy atom. The summed E-state index contributed by atoms with van der Waals surface area (Å²) in [4.78, 5) is 12.1. The predicted molar refractivity (Wildman–Crippen MR) is 105 cm³/mol. The standard InChI is InChI=1S/C22H26O5/c1-4-24-20-15-19(27-16-17-10-8-7-9-11-17)13-12-18(20)14-21(25-5-2)22(23)26-6-3/h7-15H,4-6,16H2,1-3H3/b21-14-. The van der Waals surface area contributed by atoms with Crippen LogP contribution in [0.1, 0.15) is 31.9 Å². The molecule has 0 aliphatic heterocycles. The summed E-state index contributed by atoms with van der Waals surface area (Å²) in [7, 11) is 0. The maximum absolute atomic E-state index is 12.1.